The van der Waals surface area contributed by atoms with Gasteiger partial charge in [0.05, 0.1) is 15.0 Å². The van der Waals surface area contributed by atoms with Gasteiger partial charge in [-0.3, -0.25) is 15.1 Å². The number of nitrogens with zero attached hydrogens (tertiary/aromatic N) is 2. The van der Waals surface area contributed by atoms with E-state index in [1.54, 1.807) is 13.0 Å². The third-order valence-corrected chi connectivity index (χ3v) is 3.24. The van der Waals surface area contributed by atoms with Gasteiger partial charge in [-0.15, -0.1) is 0 Å². The number of carboxylic acid groups (broad SMARTS) is 1. The molecule has 0 saturated carbocycles. The van der Waals surface area contributed by atoms with E-state index in [2.05, 4.69) is 20.9 Å². The molecule has 0 spiro atoms. The molecule has 0 aliphatic heterocycles. The highest BCUT2D eigenvalue weighted by Crippen LogP contribution is 2.38. The van der Waals surface area contributed by atoms with E-state index in [-0.39, 0.29) is 22.7 Å². The number of benzene rings is 1. The first-order valence-corrected chi connectivity index (χ1v) is 6.49. The summed E-state index contributed by atoms with van der Waals surface area (Å²) in [6, 6.07) is 4.31. The molecule has 2 aromatic rings. The molecule has 0 saturated heterocycles. The fraction of sp³-hybridized carbons (Fsp3) is 0.0769. The maximum absolute atomic E-state index is 11.0. The molecular weight excluding hydrogens is 344 g/mol. The fourth-order valence-corrected chi connectivity index (χ4v) is 2.00. The summed E-state index contributed by atoms with van der Waals surface area (Å²) in [7, 11) is 0. The third kappa shape index (κ3) is 3.16. The van der Waals surface area contributed by atoms with E-state index in [4.69, 9.17) is 9.84 Å². The Morgan fingerprint density at radius 2 is 2.14 bits per heavy atom. The minimum Gasteiger partial charge on any atom is -0.478 e. The Morgan fingerprint density at radius 3 is 2.76 bits per heavy atom. The van der Waals surface area contributed by atoms with Crippen molar-refractivity contribution in [2.75, 3.05) is 0 Å². The molecule has 21 heavy (non-hydrogen) atoms. The van der Waals surface area contributed by atoms with Crippen LogP contribution in [0.15, 0.2) is 35.1 Å². The number of nitro groups is 1. The van der Waals surface area contributed by atoms with Crippen LogP contribution in [0.5, 0.6) is 11.5 Å². The lowest BCUT2D eigenvalue weighted by atomic mass is 10.1. The molecule has 0 amide bonds. The van der Waals surface area contributed by atoms with Crippen molar-refractivity contribution >= 4 is 27.6 Å². The summed E-state index contributed by atoms with van der Waals surface area (Å²) in [6.07, 6.45) is 2.43. The van der Waals surface area contributed by atoms with Crippen LogP contribution in [-0.4, -0.2) is 21.0 Å². The number of aromatic nitrogens is 1. The molecule has 2 rings (SSSR count). The standard InChI is InChI=1S/C13H9BrN2O5/c1-7-2-3-8(13(17)18)4-11(7)21-12-9(14)5-15-6-10(12)16(19)20/h2-6H,1H3,(H,17,18). The van der Waals surface area contributed by atoms with Crippen molar-refractivity contribution in [3.05, 3.63) is 56.3 Å². The van der Waals surface area contributed by atoms with E-state index >= 15 is 0 Å². The molecule has 0 radical (unpaired) electrons. The Kier molecular flexibility index (Phi) is 4.18. The molecule has 1 heterocycles. The zero-order chi connectivity index (χ0) is 15.6. The largest absolute Gasteiger partial charge is 0.478 e. The summed E-state index contributed by atoms with van der Waals surface area (Å²) < 4.78 is 5.83. The number of pyridine rings is 1. The minimum atomic E-state index is -1.11. The molecule has 0 bridgehead atoms. The smallest absolute Gasteiger partial charge is 0.335 e. The number of ether oxygens (including phenoxy) is 1. The Labute approximate surface area is 127 Å². The molecule has 0 atom stereocenters. The normalized spacial score (nSPS) is 10.2. The van der Waals surface area contributed by atoms with Gasteiger partial charge in [0, 0.05) is 6.20 Å². The number of aryl methyl sites for hydroxylation is 1. The minimum absolute atomic E-state index is 0.0272. The number of halogens is 1. The van der Waals surface area contributed by atoms with E-state index in [0.717, 1.165) is 6.20 Å². The van der Waals surface area contributed by atoms with Crippen molar-refractivity contribution in [3.8, 4) is 11.5 Å². The van der Waals surface area contributed by atoms with Crippen molar-refractivity contribution in [2.45, 2.75) is 6.92 Å². The van der Waals surface area contributed by atoms with Crippen LogP contribution in [-0.2, 0) is 0 Å². The highest BCUT2D eigenvalue weighted by molar-refractivity contribution is 9.10. The predicted octanol–water partition coefficient (Wildman–Crippen LogP) is 3.55. The van der Waals surface area contributed by atoms with Gasteiger partial charge < -0.3 is 9.84 Å². The molecule has 8 heteroatoms. The quantitative estimate of drug-likeness (QED) is 0.666. The second kappa shape index (κ2) is 5.88. The molecule has 0 unspecified atom stereocenters. The summed E-state index contributed by atoms with van der Waals surface area (Å²) >= 11 is 3.14. The summed E-state index contributed by atoms with van der Waals surface area (Å²) in [4.78, 5) is 25.1. The van der Waals surface area contributed by atoms with E-state index in [9.17, 15) is 14.9 Å². The van der Waals surface area contributed by atoms with Gasteiger partial charge in [0.2, 0.25) is 5.75 Å². The van der Waals surface area contributed by atoms with Crippen LogP contribution in [0.3, 0.4) is 0 Å². The number of aromatic carboxylic acids is 1. The molecule has 108 valence electrons. The number of carboxylic acids is 1. The highest BCUT2D eigenvalue weighted by Gasteiger charge is 2.21. The average molecular weight is 353 g/mol. The van der Waals surface area contributed by atoms with E-state index in [1.807, 2.05) is 0 Å². The topological polar surface area (TPSA) is 103 Å². The Balaban J connectivity index is 2.50. The number of hydrogen-bond acceptors (Lipinski definition) is 5. The number of carbonyl (C=O) groups is 1. The van der Waals surface area contributed by atoms with Crippen LogP contribution in [0.25, 0.3) is 0 Å². The SMILES string of the molecule is Cc1ccc(C(=O)O)cc1Oc1c(Br)cncc1[N+](=O)[O-]. The van der Waals surface area contributed by atoms with Gasteiger partial charge in [0.15, 0.2) is 0 Å². The monoisotopic (exact) mass is 352 g/mol. The van der Waals surface area contributed by atoms with Crippen LogP contribution in [0, 0.1) is 17.0 Å². The van der Waals surface area contributed by atoms with Crippen molar-refractivity contribution in [1.29, 1.82) is 0 Å². The maximum atomic E-state index is 11.0. The van der Waals surface area contributed by atoms with Gasteiger partial charge in [0.1, 0.15) is 11.9 Å². The number of hydrogen-bond donors (Lipinski definition) is 1. The predicted molar refractivity (Wildman–Crippen MR) is 76.8 cm³/mol. The second-order valence-electron chi connectivity index (χ2n) is 4.11. The van der Waals surface area contributed by atoms with Crippen molar-refractivity contribution in [3.63, 3.8) is 0 Å². The van der Waals surface area contributed by atoms with Crippen molar-refractivity contribution in [2.24, 2.45) is 0 Å². The van der Waals surface area contributed by atoms with Crippen LogP contribution in [0.4, 0.5) is 5.69 Å². The summed E-state index contributed by atoms with van der Waals surface area (Å²) in [6.45, 7) is 1.71. The van der Waals surface area contributed by atoms with Crippen LogP contribution in [0.2, 0.25) is 0 Å². The van der Waals surface area contributed by atoms with E-state index in [0.29, 0.717) is 10.0 Å². The van der Waals surface area contributed by atoms with Crippen molar-refractivity contribution in [1.82, 2.24) is 4.98 Å². The molecule has 7 nitrogen and oxygen atoms in total. The molecular formula is C13H9BrN2O5. The first-order valence-electron chi connectivity index (χ1n) is 5.70. The first-order chi connectivity index (χ1) is 9.90. The fourth-order valence-electron chi connectivity index (χ4n) is 1.60. The van der Waals surface area contributed by atoms with Gasteiger partial charge in [-0.25, -0.2) is 4.79 Å². The summed E-state index contributed by atoms with van der Waals surface area (Å²) in [5, 5.41) is 20.0. The van der Waals surface area contributed by atoms with E-state index in [1.165, 1.54) is 18.3 Å². The van der Waals surface area contributed by atoms with Gasteiger partial charge in [-0.1, -0.05) is 6.07 Å². The zero-order valence-electron chi connectivity index (χ0n) is 10.7. The second-order valence-corrected chi connectivity index (χ2v) is 4.97. The molecule has 0 aliphatic carbocycles. The highest BCUT2D eigenvalue weighted by atomic mass is 79.9. The summed E-state index contributed by atoms with van der Waals surface area (Å²) in [5.74, 6) is -0.909. The van der Waals surface area contributed by atoms with Gasteiger partial charge in [-0.2, -0.15) is 0 Å². The van der Waals surface area contributed by atoms with Crippen LogP contribution < -0.4 is 4.74 Å². The van der Waals surface area contributed by atoms with Crippen LogP contribution >= 0.6 is 15.9 Å². The molecule has 1 N–H and O–H groups in total. The zero-order valence-corrected chi connectivity index (χ0v) is 12.3. The van der Waals surface area contributed by atoms with Gasteiger partial charge in [-0.05, 0) is 40.5 Å². The number of rotatable bonds is 4. The lowest BCUT2D eigenvalue weighted by molar-refractivity contribution is -0.386. The Hall–Kier alpha value is -2.48. The van der Waals surface area contributed by atoms with Gasteiger partial charge >= 0.3 is 11.7 Å². The summed E-state index contributed by atoms with van der Waals surface area (Å²) in [5.41, 5.74) is 0.367. The Bertz CT molecular complexity index is 732. The van der Waals surface area contributed by atoms with E-state index < -0.39 is 10.9 Å². The van der Waals surface area contributed by atoms with Crippen LogP contribution in [0.1, 0.15) is 15.9 Å². The molecule has 0 aliphatic rings. The third-order valence-electron chi connectivity index (χ3n) is 2.68. The Morgan fingerprint density at radius 1 is 1.43 bits per heavy atom. The molecule has 0 fully saturated rings. The lowest BCUT2D eigenvalue weighted by Crippen LogP contribution is -2.00. The molecule has 1 aromatic heterocycles. The van der Waals surface area contributed by atoms with Gasteiger partial charge in [0.25, 0.3) is 0 Å². The molecule has 1 aromatic carbocycles. The first kappa shape index (κ1) is 14.9. The average Bonchev–Trinajstić information content (AvgIpc) is 2.42. The lowest BCUT2D eigenvalue weighted by Gasteiger charge is -2.10. The maximum Gasteiger partial charge on any atom is 0.335 e. The van der Waals surface area contributed by atoms with Crippen molar-refractivity contribution < 1.29 is 19.6 Å².